The predicted molar refractivity (Wildman–Crippen MR) is 92.8 cm³/mol. The minimum atomic E-state index is -3.42. The first-order valence-corrected chi connectivity index (χ1v) is 9.33. The molecule has 23 heavy (non-hydrogen) atoms. The van der Waals surface area contributed by atoms with Gasteiger partial charge in [0.15, 0.2) is 0 Å². The first-order chi connectivity index (χ1) is 11.0. The van der Waals surface area contributed by atoms with Gasteiger partial charge in [-0.25, -0.2) is 8.42 Å². The van der Waals surface area contributed by atoms with Crippen molar-refractivity contribution in [1.29, 1.82) is 0 Å². The largest absolute Gasteiger partial charge is 0.399 e. The second-order valence-electron chi connectivity index (χ2n) is 6.18. The summed E-state index contributed by atoms with van der Waals surface area (Å²) in [5.41, 5.74) is 8.68. The number of rotatable bonds is 3. The highest BCUT2D eigenvalue weighted by atomic mass is 32.2. The van der Waals surface area contributed by atoms with Crippen molar-refractivity contribution in [2.75, 3.05) is 18.8 Å². The van der Waals surface area contributed by atoms with Crippen LogP contribution in [0.15, 0.2) is 53.4 Å². The Labute approximate surface area is 138 Å². The van der Waals surface area contributed by atoms with Gasteiger partial charge in [-0.3, -0.25) is 0 Å². The molecule has 3 rings (SSSR count). The fraction of sp³-hybridized carbons (Fsp3) is 0.333. The molecule has 4 nitrogen and oxygen atoms in total. The van der Waals surface area contributed by atoms with Crippen LogP contribution >= 0.6 is 0 Å². The molecular formula is C18H22N2O2S. The van der Waals surface area contributed by atoms with Gasteiger partial charge < -0.3 is 5.73 Å². The minimum absolute atomic E-state index is 0.226. The fourth-order valence-corrected chi connectivity index (χ4v) is 4.58. The summed E-state index contributed by atoms with van der Waals surface area (Å²) in [5.74, 6) is 0.226. The van der Waals surface area contributed by atoms with Gasteiger partial charge in [0.25, 0.3) is 0 Å². The zero-order chi connectivity index (χ0) is 16.4. The van der Waals surface area contributed by atoms with Crippen LogP contribution < -0.4 is 5.73 Å². The van der Waals surface area contributed by atoms with E-state index in [0.29, 0.717) is 18.0 Å². The van der Waals surface area contributed by atoms with Crippen LogP contribution in [-0.4, -0.2) is 25.8 Å². The van der Waals surface area contributed by atoms with Crippen LogP contribution in [0.2, 0.25) is 0 Å². The summed E-state index contributed by atoms with van der Waals surface area (Å²) in [5, 5.41) is 0. The van der Waals surface area contributed by atoms with E-state index < -0.39 is 10.0 Å². The number of benzene rings is 2. The van der Waals surface area contributed by atoms with Gasteiger partial charge in [0.1, 0.15) is 0 Å². The Morgan fingerprint density at radius 3 is 2.35 bits per heavy atom. The Morgan fingerprint density at radius 2 is 1.70 bits per heavy atom. The van der Waals surface area contributed by atoms with Crippen LogP contribution in [-0.2, 0) is 10.0 Å². The summed E-state index contributed by atoms with van der Waals surface area (Å²) in [7, 11) is -3.42. The van der Waals surface area contributed by atoms with Crippen LogP contribution in [0.5, 0.6) is 0 Å². The van der Waals surface area contributed by atoms with E-state index in [-0.39, 0.29) is 5.92 Å². The van der Waals surface area contributed by atoms with Crippen molar-refractivity contribution in [3.05, 3.63) is 59.7 Å². The van der Waals surface area contributed by atoms with Gasteiger partial charge >= 0.3 is 0 Å². The topological polar surface area (TPSA) is 63.4 Å². The lowest BCUT2D eigenvalue weighted by Crippen LogP contribution is -2.39. The van der Waals surface area contributed by atoms with Crippen molar-refractivity contribution in [2.45, 2.75) is 30.6 Å². The molecule has 0 spiro atoms. The van der Waals surface area contributed by atoms with Gasteiger partial charge in [-0.2, -0.15) is 4.31 Å². The average Bonchev–Trinajstić information content (AvgIpc) is 2.56. The van der Waals surface area contributed by atoms with E-state index in [1.54, 1.807) is 16.4 Å². The van der Waals surface area contributed by atoms with Crippen molar-refractivity contribution < 1.29 is 8.42 Å². The lowest BCUT2D eigenvalue weighted by molar-refractivity contribution is 0.315. The molecule has 1 aliphatic heterocycles. The molecule has 2 N–H and O–H groups in total. The molecule has 0 saturated carbocycles. The molecule has 0 amide bonds. The molecule has 0 aliphatic carbocycles. The fourth-order valence-electron chi connectivity index (χ4n) is 3.06. The van der Waals surface area contributed by atoms with E-state index in [1.807, 2.05) is 43.3 Å². The Morgan fingerprint density at radius 1 is 1.04 bits per heavy atom. The van der Waals surface area contributed by atoms with Gasteiger partial charge in [0.05, 0.1) is 4.90 Å². The molecule has 0 bridgehead atoms. The molecule has 5 heteroatoms. The summed E-state index contributed by atoms with van der Waals surface area (Å²) in [6.45, 7) is 3.07. The third-order valence-electron chi connectivity index (χ3n) is 4.45. The molecule has 2 aromatic rings. The molecule has 1 heterocycles. The Balaban J connectivity index is 1.82. The molecule has 122 valence electrons. The second kappa shape index (κ2) is 6.34. The Bertz CT molecular complexity index is 768. The third-order valence-corrected chi connectivity index (χ3v) is 6.33. The van der Waals surface area contributed by atoms with Gasteiger partial charge in [-0.05, 0) is 55.5 Å². The molecule has 1 fully saturated rings. The molecule has 0 aromatic heterocycles. The monoisotopic (exact) mass is 330 g/mol. The number of piperidine rings is 1. The number of nitrogen functional groups attached to an aromatic ring is 1. The SMILES string of the molecule is Cc1ccc(S(=O)(=O)N2CCC[C@@H](c3ccc(N)cc3)C2)cc1. The number of nitrogens with two attached hydrogens (primary N) is 1. The highest BCUT2D eigenvalue weighted by molar-refractivity contribution is 7.89. The molecule has 0 unspecified atom stereocenters. The molecule has 1 aliphatic rings. The van der Waals surface area contributed by atoms with Crippen LogP contribution in [0.1, 0.15) is 29.9 Å². The van der Waals surface area contributed by atoms with Crippen LogP contribution in [0.3, 0.4) is 0 Å². The summed E-state index contributed by atoms with van der Waals surface area (Å²) in [6, 6.07) is 14.8. The number of aryl methyl sites for hydroxylation is 1. The summed E-state index contributed by atoms with van der Waals surface area (Å²) in [6.07, 6.45) is 1.88. The lowest BCUT2D eigenvalue weighted by Gasteiger charge is -2.32. The van der Waals surface area contributed by atoms with Gasteiger partial charge in [-0.1, -0.05) is 29.8 Å². The first kappa shape index (κ1) is 16.0. The van der Waals surface area contributed by atoms with E-state index in [9.17, 15) is 8.42 Å². The Kier molecular flexibility index (Phi) is 4.41. The molecule has 1 atom stereocenters. The highest BCUT2D eigenvalue weighted by Gasteiger charge is 2.30. The number of hydrogen-bond donors (Lipinski definition) is 1. The lowest BCUT2D eigenvalue weighted by atomic mass is 9.92. The van der Waals surface area contributed by atoms with E-state index in [2.05, 4.69) is 0 Å². The van der Waals surface area contributed by atoms with Crippen molar-refractivity contribution in [3.8, 4) is 0 Å². The average molecular weight is 330 g/mol. The smallest absolute Gasteiger partial charge is 0.243 e. The van der Waals surface area contributed by atoms with Crippen molar-refractivity contribution in [1.82, 2.24) is 4.31 Å². The molecule has 1 saturated heterocycles. The number of anilines is 1. The van der Waals surface area contributed by atoms with Gasteiger partial charge in [0, 0.05) is 18.8 Å². The number of sulfonamides is 1. The van der Waals surface area contributed by atoms with E-state index >= 15 is 0 Å². The number of hydrogen-bond acceptors (Lipinski definition) is 3. The minimum Gasteiger partial charge on any atom is -0.399 e. The van der Waals surface area contributed by atoms with Crippen molar-refractivity contribution in [3.63, 3.8) is 0 Å². The molecule has 2 aromatic carbocycles. The van der Waals surface area contributed by atoms with Crippen LogP contribution in [0.4, 0.5) is 5.69 Å². The summed E-state index contributed by atoms with van der Waals surface area (Å²) >= 11 is 0. The molecular weight excluding hydrogens is 308 g/mol. The van der Waals surface area contributed by atoms with Crippen LogP contribution in [0, 0.1) is 6.92 Å². The predicted octanol–water partition coefficient (Wildman–Crippen LogP) is 3.15. The van der Waals surface area contributed by atoms with E-state index in [1.165, 1.54) is 0 Å². The van der Waals surface area contributed by atoms with Crippen molar-refractivity contribution in [2.24, 2.45) is 0 Å². The summed E-state index contributed by atoms with van der Waals surface area (Å²) in [4.78, 5) is 0.376. The standard InChI is InChI=1S/C18H22N2O2S/c1-14-4-10-18(11-5-14)23(21,22)20-12-2-3-16(13-20)15-6-8-17(19)9-7-15/h4-11,16H,2-3,12-13,19H2,1H3/t16-/m1/s1. The normalized spacial score (nSPS) is 19.6. The maximum Gasteiger partial charge on any atom is 0.243 e. The van der Waals surface area contributed by atoms with E-state index in [0.717, 1.165) is 29.7 Å². The third kappa shape index (κ3) is 3.41. The quantitative estimate of drug-likeness (QED) is 0.879. The highest BCUT2D eigenvalue weighted by Crippen LogP contribution is 2.30. The zero-order valence-electron chi connectivity index (χ0n) is 13.3. The van der Waals surface area contributed by atoms with Crippen LogP contribution in [0.25, 0.3) is 0 Å². The maximum atomic E-state index is 12.8. The zero-order valence-corrected chi connectivity index (χ0v) is 14.1. The van der Waals surface area contributed by atoms with Gasteiger partial charge in [0.2, 0.25) is 10.0 Å². The first-order valence-electron chi connectivity index (χ1n) is 7.89. The molecule has 0 radical (unpaired) electrons. The summed E-state index contributed by atoms with van der Waals surface area (Å²) < 4.78 is 27.3. The van der Waals surface area contributed by atoms with Gasteiger partial charge in [-0.15, -0.1) is 0 Å². The second-order valence-corrected chi connectivity index (χ2v) is 8.12. The van der Waals surface area contributed by atoms with E-state index in [4.69, 9.17) is 5.73 Å². The Hall–Kier alpha value is -1.85. The maximum absolute atomic E-state index is 12.8. The number of nitrogens with zero attached hydrogens (tertiary/aromatic N) is 1. The van der Waals surface area contributed by atoms with Crippen molar-refractivity contribution >= 4 is 15.7 Å².